The molecule has 0 bridgehead atoms. The molecule has 5 nitrogen and oxygen atoms in total. The number of nitro groups is 1. The molecule has 0 saturated carbocycles. The molecule has 7 heteroatoms. The molecular formula is C13H7F2NO4. The summed E-state index contributed by atoms with van der Waals surface area (Å²) >= 11 is 0. The van der Waals surface area contributed by atoms with Crippen molar-refractivity contribution in [3.05, 3.63) is 63.7 Å². The van der Waals surface area contributed by atoms with Crippen molar-refractivity contribution >= 4 is 11.7 Å². The van der Waals surface area contributed by atoms with E-state index in [1.54, 1.807) is 0 Å². The minimum Gasteiger partial charge on any atom is -0.478 e. The van der Waals surface area contributed by atoms with Crippen molar-refractivity contribution in [3.8, 4) is 11.1 Å². The summed E-state index contributed by atoms with van der Waals surface area (Å²) in [5.74, 6) is -3.84. The van der Waals surface area contributed by atoms with Crippen LogP contribution in [0.1, 0.15) is 10.4 Å². The summed E-state index contributed by atoms with van der Waals surface area (Å²) in [6.45, 7) is 0. The third-order valence-electron chi connectivity index (χ3n) is 2.67. The molecule has 0 spiro atoms. The Morgan fingerprint density at radius 1 is 1.20 bits per heavy atom. The first kappa shape index (κ1) is 13.6. The molecule has 0 saturated heterocycles. The Balaban J connectivity index is 2.65. The second-order valence-corrected chi connectivity index (χ2v) is 3.90. The molecule has 0 fully saturated rings. The molecule has 0 amide bonds. The minimum absolute atomic E-state index is 0.103. The Hall–Kier alpha value is -2.83. The molecule has 0 aliphatic rings. The van der Waals surface area contributed by atoms with Gasteiger partial charge in [0.2, 0.25) is 11.6 Å². The molecule has 0 heterocycles. The third kappa shape index (κ3) is 2.33. The maximum Gasteiger partial charge on any atom is 0.340 e. The van der Waals surface area contributed by atoms with E-state index in [1.165, 1.54) is 18.2 Å². The molecule has 0 unspecified atom stereocenters. The van der Waals surface area contributed by atoms with E-state index >= 15 is 0 Å². The van der Waals surface area contributed by atoms with Crippen LogP contribution in [-0.2, 0) is 0 Å². The van der Waals surface area contributed by atoms with E-state index < -0.39 is 28.2 Å². The lowest BCUT2D eigenvalue weighted by molar-refractivity contribution is -0.390. The topological polar surface area (TPSA) is 80.4 Å². The van der Waals surface area contributed by atoms with Gasteiger partial charge in [0.05, 0.1) is 10.5 Å². The van der Waals surface area contributed by atoms with Crippen LogP contribution in [0.2, 0.25) is 0 Å². The zero-order valence-corrected chi connectivity index (χ0v) is 9.84. The summed E-state index contributed by atoms with van der Waals surface area (Å²) in [6, 6.07) is 6.99. The molecule has 2 rings (SSSR count). The first-order chi connectivity index (χ1) is 9.41. The Kier molecular flexibility index (Phi) is 3.43. The van der Waals surface area contributed by atoms with Crippen LogP contribution in [0.5, 0.6) is 0 Å². The Bertz CT molecular complexity index is 716. The summed E-state index contributed by atoms with van der Waals surface area (Å²) in [7, 11) is 0. The summed E-state index contributed by atoms with van der Waals surface area (Å²) in [6.07, 6.45) is 0. The van der Waals surface area contributed by atoms with Gasteiger partial charge in [-0.15, -0.1) is 0 Å². The lowest BCUT2D eigenvalue weighted by atomic mass is 10.0. The molecule has 0 radical (unpaired) electrons. The lowest BCUT2D eigenvalue weighted by Crippen LogP contribution is -2.00. The van der Waals surface area contributed by atoms with Gasteiger partial charge in [0.25, 0.3) is 0 Å². The zero-order valence-electron chi connectivity index (χ0n) is 9.84. The van der Waals surface area contributed by atoms with E-state index in [0.29, 0.717) is 0 Å². The van der Waals surface area contributed by atoms with E-state index in [2.05, 4.69) is 0 Å². The van der Waals surface area contributed by atoms with Crippen molar-refractivity contribution in [2.24, 2.45) is 0 Å². The van der Waals surface area contributed by atoms with Gasteiger partial charge in [-0.2, -0.15) is 8.78 Å². The van der Waals surface area contributed by atoms with Crippen molar-refractivity contribution < 1.29 is 23.6 Å². The van der Waals surface area contributed by atoms with Crippen LogP contribution < -0.4 is 0 Å². The second kappa shape index (κ2) is 5.04. The van der Waals surface area contributed by atoms with Gasteiger partial charge < -0.3 is 5.11 Å². The quantitative estimate of drug-likeness (QED) is 0.690. The first-order valence-corrected chi connectivity index (χ1v) is 5.38. The number of nitro benzene ring substituents is 1. The molecule has 2 aromatic rings. The van der Waals surface area contributed by atoms with Crippen LogP contribution in [0.3, 0.4) is 0 Å². The number of halogens is 2. The van der Waals surface area contributed by atoms with E-state index in [1.807, 2.05) is 0 Å². The first-order valence-electron chi connectivity index (χ1n) is 5.38. The van der Waals surface area contributed by atoms with Crippen molar-refractivity contribution in [1.29, 1.82) is 0 Å². The molecule has 102 valence electrons. The van der Waals surface area contributed by atoms with Gasteiger partial charge in [-0.05, 0) is 29.8 Å². The van der Waals surface area contributed by atoms with Gasteiger partial charge in [0, 0.05) is 5.56 Å². The molecule has 0 aliphatic carbocycles. The van der Waals surface area contributed by atoms with Gasteiger partial charge >= 0.3 is 11.7 Å². The molecular weight excluding hydrogens is 272 g/mol. The van der Waals surface area contributed by atoms with Crippen LogP contribution in [0, 0.1) is 21.7 Å². The normalized spacial score (nSPS) is 10.3. The number of rotatable bonds is 3. The lowest BCUT2D eigenvalue weighted by Gasteiger charge is -2.05. The van der Waals surface area contributed by atoms with Crippen LogP contribution in [0.4, 0.5) is 14.5 Å². The fourth-order valence-corrected chi connectivity index (χ4v) is 1.75. The average molecular weight is 279 g/mol. The maximum atomic E-state index is 14.0. The highest BCUT2D eigenvalue weighted by atomic mass is 19.1. The summed E-state index contributed by atoms with van der Waals surface area (Å²) < 4.78 is 27.2. The maximum absolute atomic E-state index is 14.0. The van der Waals surface area contributed by atoms with Gasteiger partial charge in [0.1, 0.15) is 0 Å². The van der Waals surface area contributed by atoms with Gasteiger partial charge in [0.15, 0.2) is 0 Å². The van der Waals surface area contributed by atoms with Crippen LogP contribution in [0.25, 0.3) is 11.1 Å². The fraction of sp³-hybridized carbons (Fsp3) is 0. The largest absolute Gasteiger partial charge is 0.478 e. The second-order valence-electron chi connectivity index (χ2n) is 3.90. The van der Waals surface area contributed by atoms with Gasteiger partial charge in [-0.3, -0.25) is 10.1 Å². The highest BCUT2D eigenvalue weighted by Gasteiger charge is 2.24. The standard InChI is InChI=1S/C13H7F2NO4/c14-10-5-4-9(11(15)12(10)16(19)20)7-2-1-3-8(6-7)13(17)18/h1-6H,(H,17,18). The molecule has 0 atom stereocenters. The van der Waals surface area contributed by atoms with E-state index in [4.69, 9.17) is 5.11 Å². The number of carboxylic acids is 1. The summed E-state index contributed by atoms with van der Waals surface area (Å²) in [5, 5.41) is 19.5. The SMILES string of the molecule is O=C(O)c1cccc(-c2ccc(F)c([N+](=O)[O-])c2F)c1. The van der Waals surface area contributed by atoms with E-state index in [-0.39, 0.29) is 16.7 Å². The van der Waals surface area contributed by atoms with Crippen LogP contribution in [-0.4, -0.2) is 16.0 Å². The summed E-state index contributed by atoms with van der Waals surface area (Å²) in [4.78, 5) is 20.3. The number of benzene rings is 2. The third-order valence-corrected chi connectivity index (χ3v) is 2.67. The molecule has 20 heavy (non-hydrogen) atoms. The minimum atomic E-state index is -1.34. The van der Waals surface area contributed by atoms with Crippen molar-refractivity contribution in [3.63, 3.8) is 0 Å². The predicted octanol–water partition coefficient (Wildman–Crippen LogP) is 3.24. The number of aromatic carboxylic acids is 1. The fourth-order valence-electron chi connectivity index (χ4n) is 1.75. The van der Waals surface area contributed by atoms with Crippen LogP contribution >= 0.6 is 0 Å². The highest BCUT2D eigenvalue weighted by Crippen LogP contribution is 2.31. The van der Waals surface area contributed by atoms with Crippen molar-refractivity contribution in [2.75, 3.05) is 0 Å². The number of hydrogen-bond donors (Lipinski definition) is 1. The van der Waals surface area contributed by atoms with E-state index in [0.717, 1.165) is 18.2 Å². The van der Waals surface area contributed by atoms with Gasteiger partial charge in [-0.1, -0.05) is 12.1 Å². The monoisotopic (exact) mass is 279 g/mol. The number of hydrogen-bond acceptors (Lipinski definition) is 3. The number of carbonyl (C=O) groups is 1. The molecule has 1 N–H and O–H groups in total. The van der Waals surface area contributed by atoms with Gasteiger partial charge in [-0.25, -0.2) is 4.79 Å². The van der Waals surface area contributed by atoms with Crippen molar-refractivity contribution in [1.82, 2.24) is 0 Å². The zero-order chi connectivity index (χ0) is 14.9. The molecule has 0 aliphatic heterocycles. The smallest absolute Gasteiger partial charge is 0.340 e. The predicted molar refractivity (Wildman–Crippen MR) is 65.4 cm³/mol. The number of carboxylic acid groups (broad SMARTS) is 1. The molecule has 0 aromatic heterocycles. The summed E-state index contributed by atoms with van der Waals surface area (Å²) in [5.41, 5.74) is -1.48. The average Bonchev–Trinajstić information content (AvgIpc) is 2.38. The Morgan fingerprint density at radius 3 is 2.50 bits per heavy atom. The van der Waals surface area contributed by atoms with Crippen LogP contribution in [0.15, 0.2) is 36.4 Å². The molecule has 2 aromatic carbocycles. The number of nitrogens with zero attached hydrogens (tertiary/aromatic N) is 1. The Morgan fingerprint density at radius 2 is 1.90 bits per heavy atom. The van der Waals surface area contributed by atoms with E-state index in [9.17, 15) is 23.7 Å². The Labute approximate surface area is 111 Å². The van der Waals surface area contributed by atoms with Crippen molar-refractivity contribution in [2.45, 2.75) is 0 Å². The highest BCUT2D eigenvalue weighted by molar-refractivity contribution is 5.89.